The number of nitrogens with one attached hydrogen (secondary N) is 3. The number of aromatic nitrogens is 4. The summed E-state index contributed by atoms with van der Waals surface area (Å²) in [4.78, 5) is 29.4. The molecule has 1 atom stereocenters. The van der Waals surface area contributed by atoms with Crippen molar-refractivity contribution in [3.8, 4) is 39.4 Å². The van der Waals surface area contributed by atoms with Crippen molar-refractivity contribution in [2.75, 3.05) is 26.8 Å². The zero-order chi connectivity index (χ0) is 33.9. The normalized spacial score (nSPS) is 14.5. The highest BCUT2D eigenvalue weighted by Crippen LogP contribution is 2.43. The van der Waals surface area contributed by atoms with Gasteiger partial charge in [-0.2, -0.15) is 5.10 Å². The molecule has 0 spiro atoms. The number of nitrogens with zero attached hydrogens (tertiary/aromatic N) is 4. The molecule has 4 N–H and O–H groups in total. The minimum absolute atomic E-state index is 0.0157. The fraction of sp³-hybridized carbons (Fsp3) is 0.294. The number of halogens is 3. The van der Waals surface area contributed by atoms with Crippen molar-refractivity contribution in [2.24, 2.45) is 7.05 Å². The number of methoxy groups -OCH3 is 1. The van der Waals surface area contributed by atoms with Crippen LogP contribution < -0.4 is 26.2 Å². The Hall–Kier alpha value is -3.97. The molecule has 6 rings (SSSR count). The second kappa shape index (κ2) is 14.7. The first-order chi connectivity index (χ1) is 23.2. The van der Waals surface area contributed by atoms with Crippen molar-refractivity contribution >= 4 is 46.2 Å². The number of hydrogen-bond acceptors (Lipinski definition) is 8. The number of carbonyl (C=O) groups is 1. The number of carbonyl (C=O) groups excluding carboxylic acids is 1. The van der Waals surface area contributed by atoms with Gasteiger partial charge in [0.2, 0.25) is 11.8 Å². The van der Waals surface area contributed by atoms with E-state index in [4.69, 9.17) is 49.6 Å². The molecule has 1 saturated heterocycles. The van der Waals surface area contributed by atoms with E-state index < -0.39 is 0 Å². The van der Waals surface area contributed by atoms with Gasteiger partial charge in [-0.25, -0.2) is 9.50 Å². The Labute approximate surface area is 291 Å². The van der Waals surface area contributed by atoms with Crippen LogP contribution in [0.2, 0.25) is 15.1 Å². The third-order valence-corrected chi connectivity index (χ3v) is 9.54. The maximum Gasteiger partial charge on any atom is 0.277 e. The van der Waals surface area contributed by atoms with Crippen molar-refractivity contribution in [1.29, 1.82) is 0 Å². The highest BCUT2D eigenvalue weighted by molar-refractivity contribution is 6.39. The first-order valence-electron chi connectivity index (χ1n) is 15.4. The third-order valence-electron chi connectivity index (χ3n) is 8.38. The Balaban J connectivity index is 1.31. The van der Waals surface area contributed by atoms with Gasteiger partial charge in [-0.3, -0.25) is 14.2 Å². The van der Waals surface area contributed by atoms with Gasteiger partial charge in [-0.15, -0.1) is 0 Å². The van der Waals surface area contributed by atoms with Crippen molar-refractivity contribution in [1.82, 2.24) is 35.1 Å². The van der Waals surface area contributed by atoms with Crippen molar-refractivity contribution in [2.45, 2.75) is 32.0 Å². The van der Waals surface area contributed by atoms with Crippen LogP contribution in [0.3, 0.4) is 0 Å². The van der Waals surface area contributed by atoms with E-state index in [1.165, 1.54) is 11.7 Å². The van der Waals surface area contributed by atoms with E-state index in [2.05, 4.69) is 21.0 Å². The maximum atomic E-state index is 13.2. The van der Waals surface area contributed by atoms with Gasteiger partial charge in [0, 0.05) is 78.7 Å². The monoisotopic (exact) mass is 709 g/mol. The van der Waals surface area contributed by atoms with Crippen molar-refractivity contribution in [3.05, 3.63) is 91.5 Å². The van der Waals surface area contributed by atoms with Crippen LogP contribution in [-0.4, -0.2) is 63.0 Å². The lowest BCUT2D eigenvalue weighted by molar-refractivity contribution is -0.119. The number of ether oxygens (including phenoxy) is 1. The summed E-state index contributed by atoms with van der Waals surface area (Å²) in [7, 11) is 3.21. The van der Waals surface area contributed by atoms with Crippen molar-refractivity contribution in [3.63, 3.8) is 0 Å². The van der Waals surface area contributed by atoms with E-state index in [0.29, 0.717) is 98.4 Å². The lowest BCUT2D eigenvalue weighted by atomic mass is 9.97. The molecule has 11 nitrogen and oxygen atoms in total. The highest BCUT2D eigenvalue weighted by atomic mass is 35.5. The van der Waals surface area contributed by atoms with Gasteiger partial charge >= 0.3 is 0 Å². The smallest absolute Gasteiger partial charge is 0.277 e. The van der Waals surface area contributed by atoms with E-state index in [0.717, 1.165) is 12.0 Å². The van der Waals surface area contributed by atoms with Gasteiger partial charge in [0.1, 0.15) is 11.3 Å². The third kappa shape index (κ3) is 6.80. The van der Waals surface area contributed by atoms with Crippen molar-refractivity contribution < 1.29 is 14.6 Å². The van der Waals surface area contributed by atoms with Gasteiger partial charge in [0.25, 0.3) is 5.56 Å². The first kappa shape index (κ1) is 33.9. The molecular formula is C34H34Cl3N7O4. The summed E-state index contributed by atoms with van der Waals surface area (Å²) < 4.78 is 8.67. The van der Waals surface area contributed by atoms with Gasteiger partial charge in [-0.1, -0.05) is 71.2 Å². The Morgan fingerprint density at radius 3 is 2.40 bits per heavy atom. The van der Waals surface area contributed by atoms with Crippen LogP contribution in [0.5, 0.6) is 5.88 Å². The van der Waals surface area contributed by atoms with Crippen LogP contribution in [0.15, 0.2) is 59.5 Å². The quantitative estimate of drug-likeness (QED) is 0.135. The summed E-state index contributed by atoms with van der Waals surface area (Å²) in [6, 6.07) is 14.9. The van der Waals surface area contributed by atoms with Crippen LogP contribution in [0.4, 0.5) is 0 Å². The maximum absolute atomic E-state index is 13.2. The lowest BCUT2D eigenvalue weighted by Gasteiger charge is -2.16. The summed E-state index contributed by atoms with van der Waals surface area (Å²) in [5.74, 6) is 0.965. The van der Waals surface area contributed by atoms with Crippen LogP contribution >= 0.6 is 34.8 Å². The molecule has 14 heteroatoms. The van der Waals surface area contributed by atoms with Gasteiger partial charge in [0.15, 0.2) is 0 Å². The van der Waals surface area contributed by atoms with Crippen LogP contribution in [-0.2, 0) is 24.9 Å². The fourth-order valence-corrected chi connectivity index (χ4v) is 6.76. The molecule has 0 aliphatic carbocycles. The SMILES string of the molecule is COc1nc(-c2cccc(-c3cccc(-c4cc5c(=O)n(C)c(CNCCO)nn5c4)c3Cl)c2Cl)cc(Cl)c1CNC[C@H]1CCC(=O)N1. The zero-order valence-corrected chi connectivity index (χ0v) is 28.6. The number of amides is 1. The predicted octanol–water partition coefficient (Wildman–Crippen LogP) is 4.85. The number of rotatable bonds is 12. The Morgan fingerprint density at radius 2 is 1.71 bits per heavy atom. The summed E-state index contributed by atoms with van der Waals surface area (Å²) >= 11 is 20.9. The number of fused-ring (bicyclic) bond motifs is 1. The average molecular weight is 711 g/mol. The van der Waals surface area contributed by atoms with E-state index >= 15 is 0 Å². The molecule has 0 unspecified atom stereocenters. The van der Waals surface area contributed by atoms with Crippen LogP contribution in [0.25, 0.3) is 39.0 Å². The lowest BCUT2D eigenvalue weighted by Crippen LogP contribution is -2.35. The van der Waals surface area contributed by atoms with E-state index in [-0.39, 0.29) is 24.1 Å². The molecule has 48 heavy (non-hydrogen) atoms. The zero-order valence-electron chi connectivity index (χ0n) is 26.3. The highest BCUT2D eigenvalue weighted by Gasteiger charge is 2.22. The summed E-state index contributed by atoms with van der Waals surface area (Å²) in [5.41, 5.74) is 4.90. The van der Waals surface area contributed by atoms with Crippen LogP contribution in [0.1, 0.15) is 24.2 Å². The Kier molecular flexibility index (Phi) is 10.4. The van der Waals surface area contributed by atoms with E-state index in [1.807, 2.05) is 36.4 Å². The van der Waals surface area contributed by atoms with E-state index in [9.17, 15) is 9.59 Å². The molecule has 0 saturated carbocycles. The fourth-order valence-electron chi connectivity index (χ4n) is 5.84. The molecule has 3 aromatic heterocycles. The van der Waals surface area contributed by atoms with Gasteiger partial charge in [0.05, 0.1) is 41.0 Å². The Bertz CT molecular complexity index is 2060. The number of pyridine rings is 1. The molecule has 0 radical (unpaired) electrons. The summed E-state index contributed by atoms with van der Waals surface area (Å²) in [6.07, 6.45) is 3.10. The van der Waals surface area contributed by atoms with Gasteiger partial charge in [-0.05, 0) is 18.6 Å². The molecule has 4 heterocycles. The average Bonchev–Trinajstić information content (AvgIpc) is 3.70. The predicted molar refractivity (Wildman–Crippen MR) is 188 cm³/mol. The molecule has 2 aromatic carbocycles. The first-order valence-corrected chi connectivity index (χ1v) is 16.5. The van der Waals surface area contributed by atoms with E-state index in [1.54, 1.807) is 29.9 Å². The molecule has 1 fully saturated rings. The summed E-state index contributed by atoms with van der Waals surface area (Å²) in [5, 5.41) is 24.4. The topological polar surface area (TPSA) is 135 Å². The largest absolute Gasteiger partial charge is 0.481 e. The molecule has 5 aromatic rings. The molecule has 0 bridgehead atoms. The molecule has 1 aliphatic heterocycles. The molecular weight excluding hydrogens is 677 g/mol. The molecule has 1 aliphatic rings. The Morgan fingerprint density at radius 1 is 1.00 bits per heavy atom. The second-order valence-electron chi connectivity index (χ2n) is 11.5. The molecule has 250 valence electrons. The minimum atomic E-state index is -0.203. The number of aliphatic hydroxyl groups is 1. The minimum Gasteiger partial charge on any atom is -0.481 e. The summed E-state index contributed by atoms with van der Waals surface area (Å²) in [6.45, 7) is 1.72. The second-order valence-corrected chi connectivity index (χ2v) is 12.6. The number of benzene rings is 2. The molecule has 1 amide bonds. The van der Waals surface area contributed by atoms with Gasteiger partial charge < -0.3 is 25.8 Å². The number of hydrogen-bond donors (Lipinski definition) is 4. The standard InChI is InChI=1S/C34H34Cl3N7O4/c1-43-29(17-38-11-12-45)42-44-18-19(13-28(44)34(43)47)21-5-3-6-22(31(21)36)23-7-4-8-24(32(23)37)27-14-26(35)25(33(41-27)48-2)16-39-15-20-9-10-30(46)40-20/h3-8,13-14,18,20,38-39,45H,9-12,15-17H2,1-2H3,(H,40,46)/t20-/m1/s1. The number of aliphatic hydroxyl groups excluding tert-OH is 1. The van der Waals surface area contributed by atoms with Crippen LogP contribution in [0, 0.1) is 0 Å².